The third kappa shape index (κ3) is 8.78. The van der Waals surface area contributed by atoms with Crippen molar-refractivity contribution in [1.29, 1.82) is 0 Å². The Hall–Kier alpha value is -4.31. The molecule has 262 valence electrons. The van der Waals surface area contributed by atoms with Crippen LogP contribution in [-0.4, -0.2) is 75.9 Å². The number of aromatic nitrogens is 3. The monoisotopic (exact) mass is 691 g/mol. The van der Waals surface area contributed by atoms with Crippen molar-refractivity contribution in [3.63, 3.8) is 0 Å². The number of ether oxygens (including phenoxy) is 3. The van der Waals surface area contributed by atoms with E-state index in [0.29, 0.717) is 37.4 Å². The lowest BCUT2D eigenvalue weighted by Crippen LogP contribution is -2.52. The van der Waals surface area contributed by atoms with E-state index in [4.69, 9.17) is 14.2 Å². The fraction of sp³-hybridized carbons (Fsp3) is 0.531. The molecular weight excluding hydrogens is 648 g/mol. The van der Waals surface area contributed by atoms with Gasteiger partial charge in [0.15, 0.2) is 11.5 Å². The molecule has 16 heteroatoms. The van der Waals surface area contributed by atoms with Gasteiger partial charge in [-0.1, -0.05) is 17.4 Å². The third-order valence-electron chi connectivity index (χ3n) is 7.55. The van der Waals surface area contributed by atoms with Crippen LogP contribution in [0.1, 0.15) is 71.8 Å². The minimum absolute atomic E-state index is 0.0634. The zero-order valence-electron chi connectivity index (χ0n) is 28.6. The fourth-order valence-electron chi connectivity index (χ4n) is 5.20. The fourth-order valence-corrected chi connectivity index (χ4v) is 6.20. The average Bonchev–Trinajstić information content (AvgIpc) is 3.48. The number of methoxy groups -OCH3 is 1. The van der Waals surface area contributed by atoms with E-state index < -0.39 is 52.1 Å². The number of benzene rings is 1. The second-order valence-corrected chi connectivity index (χ2v) is 14.6. The van der Waals surface area contributed by atoms with E-state index in [-0.39, 0.29) is 21.7 Å². The lowest BCUT2D eigenvalue weighted by atomic mass is 9.91. The average molecular weight is 692 g/mol. The summed E-state index contributed by atoms with van der Waals surface area (Å²) in [6.07, 6.45) is 1.04. The van der Waals surface area contributed by atoms with Crippen molar-refractivity contribution in [2.75, 3.05) is 35.7 Å². The minimum atomic E-state index is -0.877. The van der Waals surface area contributed by atoms with Crippen LogP contribution in [0.5, 0.6) is 0 Å². The smallest absolute Gasteiger partial charge is 0.412 e. The minimum Gasteiger partial charge on any atom is -0.444 e. The number of carbonyl (C=O) groups is 3. The first-order valence-electron chi connectivity index (χ1n) is 15.4. The van der Waals surface area contributed by atoms with Crippen LogP contribution in [0.25, 0.3) is 10.6 Å². The molecule has 0 bridgehead atoms. The standard InChI is InChI=1S/C32H43F2N7O6S/c1-30(2,3)46-28(43)37-21-13-15-41(16-14-32(21,7)45-9)27-20(17-35-40(27)8)36-24(42)23-26(39-29(44)47-31(4,5)6)48-25(38-23)22-18(33)11-10-12-19(22)34/h10-12,17,21H,13-16H2,1-9H3,(H,36,42)(H,37,43)(H,39,44). The van der Waals surface area contributed by atoms with Crippen LogP contribution < -0.4 is 20.9 Å². The number of alkyl carbamates (subject to hydrolysis) is 1. The first kappa shape index (κ1) is 36.5. The summed E-state index contributed by atoms with van der Waals surface area (Å²) < 4.78 is 47.7. The second kappa shape index (κ2) is 14.0. The number of hydrogen-bond donors (Lipinski definition) is 3. The summed E-state index contributed by atoms with van der Waals surface area (Å²) >= 11 is 0.731. The van der Waals surface area contributed by atoms with Crippen molar-refractivity contribution in [2.24, 2.45) is 7.05 Å². The van der Waals surface area contributed by atoms with E-state index in [1.54, 1.807) is 60.4 Å². The van der Waals surface area contributed by atoms with Crippen LogP contribution in [0.4, 0.5) is 34.9 Å². The Morgan fingerprint density at radius 2 is 1.62 bits per heavy atom. The number of hydrogen-bond acceptors (Lipinski definition) is 10. The van der Waals surface area contributed by atoms with Crippen LogP contribution in [0.15, 0.2) is 24.4 Å². The number of rotatable bonds is 7. The van der Waals surface area contributed by atoms with Gasteiger partial charge in [0.1, 0.15) is 38.5 Å². The molecule has 48 heavy (non-hydrogen) atoms. The number of carbonyl (C=O) groups excluding carboxylic acids is 3. The Kier molecular flexibility index (Phi) is 10.7. The number of nitrogens with one attached hydrogen (secondary N) is 3. The van der Waals surface area contributed by atoms with E-state index >= 15 is 0 Å². The lowest BCUT2D eigenvalue weighted by Gasteiger charge is -2.35. The van der Waals surface area contributed by atoms with Crippen molar-refractivity contribution in [3.05, 3.63) is 41.7 Å². The van der Waals surface area contributed by atoms with Gasteiger partial charge in [0, 0.05) is 27.2 Å². The Morgan fingerprint density at radius 3 is 2.23 bits per heavy atom. The molecular formula is C32H43F2N7O6S. The summed E-state index contributed by atoms with van der Waals surface area (Å²) in [5, 5.41) is 12.4. The zero-order valence-corrected chi connectivity index (χ0v) is 29.4. The van der Waals surface area contributed by atoms with Gasteiger partial charge in [0.2, 0.25) is 0 Å². The molecule has 1 aliphatic heterocycles. The van der Waals surface area contributed by atoms with Crippen molar-refractivity contribution in [3.8, 4) is 10.6 Å². The van der Waals surface area contributed by atoms with Crippen LogP contribution in [0, 0.1) is 11.6 Å². The molecule has 13 nitrogen and oxygen atoms in total. The van der Waals surface area contributed by atoms with Crippen LogP contribution >= 0.6 is 11.3 Å². The van der Waals surface area contributed by atoms with Gasteiger partial charge in [-0.3, -0.25) is 14.8 Å². The Bertz CT molecular complexity index is 1640. The Balaban J connectivity index is 1.62. The second-order valence-electron chi connectivity index (χ2n) is 13.6. The third-order valence-corrected chi connectivity index (χ3v) is 8.54. The first-order chi connectivity index (χ1) is 22.3. The molecule has 1 aromatic carbocycles. The maximum Gasteiger partial charge on any atom is 0.412 e. The van der Waals surface area contributed by atoms with Gasteiger partial charge in [-0.2, -0.15) is 5.10 Å². The van der Waals surface area contributed by atoms with E-state index in [1.165, 1.54) is 12.3 Å². The molecule has 3 amide bonds. The SMILES string of the molecule is COC1(C)CCN(c2c(NC(=O)c3nc(-c4c(F)cccc4F)sc3NC(=O)OC(C)(C)C)cnn2C)CCC1NC(=O)OC(C)(C)C. The molecule has 0 aliphatic carbocycles. The lowest BCUT2D eigenvalue weighted by molar-refractivity contribution is -0.0317. The summed E-state index contributed by atoms with van der Waals surface area (Å²) in [6, 6.07) is 2.98. The summed E-state index contributed by atoms with van der Waals surface area (Å²) in [7, 11) is 3.31. The highest BCUT2D eigenvalue weighted by atomic mass is 32.1. The van der Waals surface area contributed by atoms with Crippen LogP contribution in [0.2, 0.25) is 0 Å². The highest BCUT2D eigenvalue weighted by Crippen LogP contribution is 2.37. The molecule has 3 N–H and O–H groups in total. The molecule has 0 spiro atoms. The van der Waals surface area contributed by atoms with Crippen molar-refractivity contribution < 1.29 is 37.4 Å². The summed E-state index contributed by atoms with van der Waals surface area (Å²) in [5.74, 6) is -1.94. The molecule has 0 saturated carbocycles. The number of amides is 3. The summed E-state index contributed by atoms with van der Waals surface area (Å²) in [4.78, 5) is 45.4. The number of thiazole rings is 1. The van der Waals surface area contributed by atoms with Gasteiger partial charge >= 0.3 is 12.2 Å². The van der Waals surface area contributed by atoms with Crippen molar-refractivity contribution in [2.45, 2.75) is 84.2 Å². The molecule has 1 saturated heterocycles. The topological polar surface area (TPSA) is 149 Å². The van der Waals surface area contributed by atoms with Gasteiger partial charge in [-0.05, 0) is 73.4 Å². The van der Waals surface area contributed by atoms with E-state index in [1.807, 2.05) is 11.8 Å². The maximum atomic E-state index is 14.7. The Labute approximate surface area is 282 Å². The van der Waals surface area contributed by atoms with Gasteiger partial charge in [-0.15, -0.1) is 0 Å². The van der Waals surface area contributed by atoms with Gasteiger partial charge < -0.3 is 29.7 Å². The molecule has 2 atom stereocenters. The zero-order chi connectivity index (χ0) is 35.6. The van der Waals surface area contributed by atoms with E-state index in [9.17, 15) is 23.2 Å². The van der Waals surface area contributed by atoms with E-state index in [2.05, 4.69) is 26.0 Å². The number of nitrogens with zero attached hydrogens (tertiary/aromatic N) is 4. The van der Waals surface area contributed by atoms with Crippen molar-refractivity contribution in [1.82, 2.24) is 20.1 Å². The van der Waals surface area contributed by atoms with Crippen LogP contribution in [-0.2, 0) is 21.3 Å². The molecule has 4 rings (SSSR count). The highest BCUT2D eigenvalue weighted by molar-refractivity contribution is 7.19. The molecule has 3 aromatic rings. The maximum absolute atomic E-state index is 14.7. The molecule has 2 unspecified atom stereocenters. The van der Waals surface area contributed by atoms with Gasteiger partial charge in [0.05, 0.1) is 23.4 Å². The predicted molar refractivity (Wildman–Crippen MR) is 179 cm³/mol. The molecule has 1 fully saturated rings. The Morgan fingerprint density at radius 1 is 1.00 bits per heavy atom. The van der Waals surface area contributed by atoms with E-state index in [0.717, 1.165) is 23.5 Å². The van der Waals surface area contributed by atoms with Gasteiger partial charge in [-0.25, -0.2) is 23.4 Å². The normalized spacial score (nSPS) is 18.6. The molecule has 3 heterocycles. The highest BCUT2D eigenvalue weighted by Gasteiger charge is 2.40. The van der Waals surface area contributed by atoms with Crippen LogP contribution in [0.3, 0.4) is 0 Å². The number of anilines is 3. The number of aryl methyl sites for hydroxylation is 1. The summed E-state index contributed by atoms with van der Waals surface area (Å²) in [5.41, 5.74) is -2.63. The van der Waals surface area contributed by atoms with Gasteiger partial charge in [0.25, 0.3) is 5.91 Å². The summed E-state index contributed by atoms with van der Waals surface area (Å²) in [6.45, 7) is 13.2. The molecule has 1 aliphatic rings. The first-order valence-corrected chi connectivity index (χ1v) is 16.2. The quantitative estimate of drug-likeness (QED) is 0.259. The number of halogens is 2. The largest absolute Gasteiger partial charge is 0.444 e. The van der Waals surface area contributed by atoms with Crippen molar-refractivity contribution >= 4 is 45.9 Å². The molecule has 0 radical (unpaired) electrons. The predicted octanol–water partition coefficient (Wildman–Crippen LogP) is 6.32. The molecule has 2 aromatic heterocycles.